The summed E-state index contributed by atoms with van der Waals surface area (Å²) in [7, 11) is 0. The lowest BCUT2D eigenvalue weighted by atomic mass is 10.0. The lowest BCUT2D eigenvalue weighted by Crippen LogP contribution is -2.12. The van der Waals surface area contributed by atoms with Crippen molar-refractivity contribution < 1.29 is 17.6 Å². The fourth-order valence-electron chi connectivity index (χ4n) is 2.25. The molecule has 0 fully saturated rings. The number of aromatic nitrogens is 3. The molecular formula is C12H9F4N3. The van der Waals surface area contributed by atoms with Crippen LogP contribution in [-0.2, 0) is 6.18 Å². The molecule has 0 aliphatic carbocycles. The lowest BCUT2D eigenvalue weighted by molar-refractivity contribution is -0.145. The normalized spacial score (nSPS) is 22.5. The number of hydrogen-bond donors (Lipinski definition) is 0. The van der Waals surface area contributed by atoms with Crippen LogP contribution >= 0.6 is 0 Å². The second-order valence-corrected chi connectivity index (χ2v) is 4.37. The van der Waals surface area contributed by atoms with Crippen molar-refractivity contribution in [1.29, 1.82) is 0 Å². The van der Waals surface area contributed by atoms with Gasteiger partial charge in [-0.25, -0.2) is 14.1 Å². The van der Waals surface area contributed by atoms with E-state index in [2.05, 4.69) is 10.1 Å². The molecule has 2 aromatic rings. The molecule has 100 valence electrons. The van der Waals surface area contributed by atoms with Gasteiger partial charge in [0, 0.05) is 6.42 Å². The Morgan fingerprint density at radius 3 is 2.47 bits per heavy atom. The minimum atomic E-state index is -4.65. The molecule has 3 rings (SSSR count). The van der Waals surface area contributed by atoms with Crippen LogP contribution in [0.5, 0.6) is 0 Å². The first-order valence-corrected chi connectivity index (χ1v) is 5.69. The summed E-state index contributed by atoms with van der Waals surface area (Å²) in [6.07, 6.45) is -6.11. The van der Waals surface area contributed by atoms with Crippen LogP contribution in [0.4, 0.5) is 17.6 Å². The molecule has 0 saturated carbocycles. The van der Waals surface area contributed by atoms with E-state index in [0.717, 1.165) is 10.2 Å². The van der Waals surface area contributed by atoms with Crippen molar-refractivity contribution in [3.63, 3.8) is 0 Å². The zero-order chi connectivity index (χ0) is 13.6. The Hall–Kier alpha value is -1.92. The second kappa shape index (κ2) is 4.04. The van der Waals surface area contributed by atoms with Crippen molar-refractivity contribution >= 4 is 0 Å². The highest BCUT2D eigenvalue weighted by molar-refractivity contribution is 5.23. The Morgan fingerprint density at radius 1 is 1.16 bits per heavy atom. The van der Waals surface area contributed by atoms with Crippen LogP contribution in [0.15, 0.2) is 30.3 Å². The maximum Gasteiger partial charge on any atom is 0.453 e. The van der Waals surface area contributed by atoms with E-state index in [0.29, 0.717) is 0 Å². The van der Waals surface area contributed by atoms with Crippen LogP contribution in [-0.4, -0.2) is 14.8 Å². The molecule has 0 bridgehead atoms. The predicted octanol–water partition coefficient (Wildman–Crippen LogP) is 3.30. The minimum absolute atomic E-state index is 0.0669. The van der Waals surface area contributed by atoms with Crippen LogP contribution in [0.2, 0.25) is 0 Å². The summed E-state index contributed by atoms with van der Waals surface area (Å²) in [4.78, 5) is 3.27. The molecule has 19 heavy (non-hydrogen) atoms. The Kier molecular flexibility index (Phi) is 2.58. The van der Waals surface area contributed by atoms with Gasteiger partial charge < -0.3 is 0 Å². The van der Waals surface area contributed by atoms with Gasteiger partial charge >= 0.3 is 6.18 Å². The largest absolute Gasteiger partial charge is 0.453 e. The fraction of sp³-hybridized carbons (Fsp3) is 0.333. The third kappa shape index (κ3) is 1.98. The number of nitrogens with zero attached hydrogens (tertiary/aromatic N) is 3. The SMILES string of the molecule is FC1CC(c2ccccc2)n2nc(C(F)(F)F)nc21. The van der Waals surface area contributed by atoms with E-state index in [1.165, 1.54) is 0 Å². The molecule has 0 amide bonds. The quantitative estimate of drug-likeness (QED) is 0.745. The van der Waals surface area contributed by atoms with Gasteiger partial charge in [-0.05, 0) is 5.56 Å². The highest BCUT2D eigenvalue weighted by atomic mass is 19.4. The van der Waals surface area contributed by atoms with E-state index in [1.54, 1.807) is 30.3 Å². The molecule has 1 aliphatic heterocycles. The number of alkyl halides is 4. The van der Waals surface area contributed by atoms with Gasteiger partial charge in [-0.15, -0.1) is 5.10 Å². The zero-order valence-electron chi connectivity index (χ0n) is 9.60. The summed E-state index contributed by atoms with van der Waals surface area (Å²) < 4.78 is 52.4. The molecule has 2 unspecified atom stereocenters. The molecule has 1 aromatic carbocycles. The molecule has 2 atom stereocenters. The summed E-state index contributed by atoms with van der Waals surface area (Å²) >= 11 is 0. The minimum Gasteiger partial charge on any atom is -0.239 e. The molecule has 1 aromatic heterocycles. The van der Waals surface area contributed by atoms with Gasteiger partial charge in [0.15, 0.2) is 12.0 Å². The third-order valence-corrected chi connectivity index (χ3v) is 3.10. The van der Waals surface area contributed by atoms with Crippen LogP contribution in [0, 0.1) is 0 Å². The topological polar surface area (TPSA) is 30.7 Å². The Labute approximate surface area is 105 Å². The number of halogens is 4. The van der Waals surface area contributed by atoms with Gasteiger partial charge in [0.25, 0.3) is 5.82 Å². The van der Waals surface area contributed by atoms with Crippen molar-refractivity contribution in [3.05, 3.63) is 47.5 Å². The molecule has 0 spiro atoms. The predicted molar refractivity (Wildman–Crippen MR) is 58.1 cm³/mol. The molecule has 3 nitrogen and oxygen atoms in total. The standard InChI is InChI=1S/C12H9F4N3/c13-8-6-9(7-4-2-1-3-5-7)19-10(8)17-11(18-19)12(14,15)16/h1-5,8-9H,6H2. The van der Waals surface area contributed by atoms with Crippen LogP contribution in [0.3, 0.4) is 0 Å². The average Bonchev–Trinajstić information content (AvgIpc) is 2.91. The lowest BCUT2D eigenvalue weighted by Gasteiger charge is -2.11. The Bertz CT molecular complexity index is 591. The fourth-order valence-corrected chi connectivity index (χ4v) is 2.25. The smallest absolute Gasteiger partial charge is 0.239 e. The number of fused-ring (bicyclic) bond motifs is 1. The number of rotatable bonds is 1. The van der Waals surface area contributed by atoms with Crippen molar-refractivity contribution in [2.24, 2.45) is 0 Å². The zero-order valence-corrected chi connectivity index (χ0v) is 9.60. The monoisotopic (exact) mass is 271 g/mol. The maximum absolute atomic E-state index is 13.8. The summed E-state index contributed by atoms with van der Waals surface area (Å²) in [6.45, 7) is 0. The maximum atomic E-state index is 13.8. The first-order chi connectivity index (χ1) is 8.97. The van der Waals surface area contributed by atoms with Crippen molar-refractivity contribution in [2.75, 3.05) is 0 Å². The van der Waals surface area contributed by atoms with Gasteiger partial charge in [-0.3, -0.25) is 0 Å². The van der Waals surface area contributed by atoms with Gasteiger partial charge in [-0.1, -0.05) is 30.3 Å². The molecule has 0 N–H and O–H groups in total. The Morgan fingerprint density at radius 2 is 1.84 bits per heavy atom. The van der Waals surface area contributed by atoms with Crippen LogP contribution < -0.4 is 0 Å². The van der Waals surface area contributed by atoms with Gasteiger partial charge in [-0.2, -0.15) is 13.2 Å². The van der Waals surface area contributed by atoms with E-state index in [9.17, 15) is 17.6 Å². The summed E-state index contributed by atoms with van der Waals surface area (Å²) in [5, 5.41) is 3.41. The second-order valence-electron chi connectivity index (χ2n) is 4.37. The Balaban J connectivity index is 2.04. The number of benzene rings is 1. The summed E-state index contributed by atoms with van der Waals surface area (Å²) in [6, 6.07) is 8.23. The first-order valence-electron chi connectivity index (χ1n) is 5.69. The van der Waals surface area contributed by atoms with E-state index < -0.39 is 24.2 Å². The van der Waals surface area contributed by atoms with E-state index >= 15 is 0 Å². The van der Waals surface area contributed by atoms with Crippen molar-refractivity contribution in [3.8, 4) is 0 Å². The molecule has 7 heteroatoms. The number of hydrogen-bond acceptors (Lipinski definition) is 2. The highest BCUT2D eigenvalue weighted by Crippen LogP contribution is 2.40. The van der Waals surface area contributed by atoms with Gasteiger partial charge in [0.2, 0.25) is 0 Å². The molecule has 2 heterocycles. The first kappa shape index (κ1) is 12.1. The third-order valence-electron chi connectivity index (χ3n) is 3.10. The highest BCUT2D eigenvalue weighted by Gasteiger charge is 2.42. The summed E-state index contributed by atoms with van der Waals surface area (Å²) in [5.74, 6) is -1.54. The average molecular weight is 271 g/mol. The van der Waals surface area contributed by atoms with Crippen LogP contribution in [0.1, 0.15) is 35.8 Å². The van der Waals surface area contributed by atoms with Crippen molar-refractivity contribution in [2.45, 2.75) is 24.8 Å². The van der Waals surface area contributed by atoms with Gasteiger partial charge in [0.05, 0.1) is 6.04 Å². The van der Waals surface area contributed by atoms with Gasteiger partial charge in [0.1, 0.15) is 0 Å². The van der Waals surface area contributed by atoms with Crippen molar-refractivity contribution in [1.82, 2.24) is 14.8 Å². The van der Waals surface area contributed by atoms with E-state index in [1.807, 2.05) is 0 Å². The van der Waals surface area contributed by atoms with E-state index in [-0.39, 0.29) is 12.2 Å². The van der Waals surface area contributed by atoms with Crippen LogP contribution in [0.25, 0.3) is 0 Å². The molecule has 0 saturated heterocycles. The molecule has 1 aliphatic rings. The molecular weight excluding hydrogens is 262 g/mol. The van der Waals surface area contributed by atoms with E-state index in [4.69, 9.17) is 0 Å². The summed E-state index contributed by atoms with van der Waals surface area (Å²) in [5.41, 5.74) is 0.725. The molecule has 0 radical (unpaired) electrons.